The zero-order valence-corrected chi connectivity index (χ0v) is 20.0. The summed E-state index contributed by atoms with van der Waals surface area (Å²) in [4.78, 5) is 31.0. The maximum atomic E-state index is 13.6. The van der Waals surface area contributed by atoms with Crippen LogP contribution in [0.25, 0.3) is 0 Å². The predicted molar refractivity (Wildman–Crippen MR) is 129 cm³/mol. The molecule has 6 nitrogen and oxygen atoms in total. The number of methoxy groups -OCH3 is 1. The van der Waals surface area contributed by atoms with Crippen molar-refractivity contribution in [2.75, 3.05) is 33.4 Å². The van der Waals surface area contributed by atoms with E-state index >= 15 is 0 Å². The molecule has 1 aromatic heterocycles. The van der Waals surface area contributed by atoms with Gasteiger partial charge in [-0.15, -0.1) is 11.3 Å². The molecule has 3 aromatic rings. The van der Waals surface area contributed by atoms with Crippen LogP contribution in [0, 0.1) is 5.82 Å². The fourth-order valence-electron chi connectivity index (χ4n) is 4.13. The lowest BCUT2D eigenvalue weighted by atomic mass is 10.0. The van der Waals surface area contributed by atoms with Crippen molar-refractivity contribution in [3.05, 3.63) is 81.8 Å². The van der Waals surface area contributed by atoms with Crippen LogP contribution in [-0.2, 0) is 11.2 Å². The third-order valence-electron chi connectivity index (χ3n) is 5.93. The summed E-state index contributed by atoms with van der Waals surface area (Å²) < 4.78 is 24.7. The first-order valence-electron chi connectivity index (χ1n) is 11.2. The first kappa shape index (κ1) is 23.8. The van der Waals surface area contributed by atoms with E-state index in [0.29, 0.717) is 30.2 Å². The number of halogens is 1. The van der Waals surface area contributed by atoms with Crippen molar-refractivity contribution in [2.24, 2.45) is 0 Å². The molecule has 178 valence electrons. The number of carbonyl (C=O) groups is 2. The van der Waals surface area contributed by atoms with E-state index in [-0.39, 0.29) is 36.8 Å². The number of rotatable bonds is 8. The SMILES string of the molecule is CCN(CC(=O)N1CCc2sccc2[C@H]1COc1cccc(F)c1)C(=O)c1cccc(OC)c1. The van der Waals surface area contributed by atoms with E-state index in [1.165, 1.54) is 21.9 Å². The second-order valence-corrected chi connectivity index (χ2v) is 8.97. The largest absolute Gasteiger partial charge is 0.497 e. The van der Waals surface area contributed by atoms with Crippen molar-refractivity contribution in [2.45, 2.75) is 19.4 Å². The topological polar surface area (TPSA) is 59.1 Å². The third kappa shape index (κ3) is 5.22. The molecule has 0 aliphatic carbocycles. The molecular weight excluding hydrogens is 455 g/mol. The standard InChI is InChI=1S/C26H27FN2O4S/c1-3-28(26(31)18-6-4-8-20(14-18)32-2)16-25(30)29-12-10-24-22(11-13-34-24)23(29)17-33-21-9-5-7-19(27)15-21/h4-9,11,13-15,23H,3,10,12,16-17H2,1-2H3/t23-/m1/s1. The molecule has 1 aliphatic rings. The molecular formula is C26H27FN2O4S. The quantitative estimate of drug-likeness (QED) is 0.472. The summed E-state index contributed by atoms with van der Waals surface area (Å²) >= 11 is 1.66. The molecule has 2 amide bonds. The van der Waals surface area contributed by atoms with Crippen LogP contribution in [0.2, 0.25) is 0 Å². The number of amides is 2. The molecule has 0 bridgehead atoms. The van der Waals surface area contributed by atoms with Gasteiger partial charge in [-0.25, -0.2) is 4.39 Å². The first-order valence-corrected chi connectivity index (χ1v) is 12.1. The van der Waals surface area contributed by atoms with E-state index in [1.54, 1.807) is 59.7 Å². The molecule has 0 radical (unpaired) electrons. The van der Waals surface area contributed by atoms with Gasteiger partial charge in [0.2, 0.25) is 5.91 Å². The van der Waals surface area contributed by atoms with Crippen molar-refractivity contribution in [1.82, 2.24) is 9.80 Å². The Bertz CT molecular complexity index is 1160. The Labute approximate surface area is 202 Å². The smallest absolute Gasteiger partial charge is 0.254 e. The van der Waals surface area contributed by atoms with Crippen molar-refractivity contribution in [3.8, 4) is 11.5 Å². The average Bonchev–Trinajstić information content (AvgIpc) is 3.34. The van der Waals surface area contributed by atoms with Gasteiger partial charge < -0.3 is 19.3 Å². The number of likely N-dealkylation sites (N-methyl/N-ethyl adjacent to an activating group) is 1. The Hall–Kier alpha value is -3.39. The van der Waals surface area contributed by atoms with Gasteiger partial charge in [-0.05, 0) is 60.7 Å². The molecule has 1 atom stereocenters. The van der Waals surface area contributed by atoms with Crippen LogP contribution in [-0.4, -0.2) is 55.0 Å². The predicted octanol–water partition coefficient (Wildman–Crippen LogP) is 4.56. The van der Waals surface area contributed by atoms with E-state index in [2.05, 4.69) is 0 Å². The van der Waals surface area contributed by atoms with Crippen LogP contribution >= 0.6 is 11.3 Å². The zero-order valence-electron chi connectivity index (χ0n) is 19.2. The van der Waals surface area contributed by atoms with Crippen LogP contribution in [0.3, 0.4) is 0 Å². The number of nitrogens with zero attached hydrogens (tertiary/aromatic N) is 2. The Balaban J connectivity index is 1.50. The maximum Gasteiger partial charge on any atom is 0.254 e. The molecule has 0 saturated heterocycles. The summed E-state index contributed by atoms with van der Waals surface area (Å²) in [6, 6.07) is 14.6. The Kier molecular flexibility index (Phi) is 7.47. The Morgan fingerprint density at radius 2 is 1.94 bits per heavy atom. The molecule has 0 saturated carbocycles. The van der Waals surface area contributed by atoms with Crippen LogP contribution < -0.4 is 9.47 Å². The highest BCUT2D eigenvalue weighted by Crippen LogP contribution is 2.34. The highest BCUT2D eigenvalue weighted by Gasteiger charge is 2.33. The van der Waals surface area contributed by atoms with Crippen molar-refractivity contribution in [1.29, 1.82) is 0 Å². The second kappa shape index (κ2) is 10.7. The van der Waals surface area contributed by atoms with Crippen LogP contribution in [0.15, 0.2) is 60.0 Å². The van der Waals surface area contributed by atoms with E-state index < -0.39 is 0 Å². The molecule has 1 aliphatic heterocycles. The van der Waals surface area contributed by atoms with Gasteiger partial charge in [0.25, 0.3) is 5.91 Å². The minimum atomic E-state index is -0.375. The lowest BCUT2D eigenvalue weighted by Crippen LogP contribution is -2.47. The molecule has 0 spiro atoms. The number of ether oxygens (including phenoxy) is 2. The maximum absolute atomic E-state index is 13.6. The minimum absolute atomic E-state index is 0.0392. The summed E-state index contributed by atoms with van der Waals surface area (Å²) in [5.74, 6) is 0.250. The number of carbonyl (C=O) groups excluding carboxylic acids is 2. The van der Waals surface area contributed by atoms with Gasteiger partial charge in [0, 0.05) is 29.6 Å². The van der Waals surface area contributed by atoms with Crippen LogP contribution in [0.1, 0.15) is 33.8 Å². The highest BCUT2D eigenvalue weighted by molar-refractivity contribution is 7.10. The van der Waals surface area contributed by atoms with Crippen LogP contribution in [0.4, 0.5) is 4.39 Å². The second-order valence-electron chi connectivity index (χ2n) is 7.97. The summed E-state index contributed by atoms with van der Waals surface area (Å²) in [5.41, 5.74) is 1.52. The molecule has 34 heavy (non-hydrogen) atoms. The lowest BCUT2D eigenvalue weighted by molar-refractivity contribution is -0.135. The molecule has 0 N–H and O–H groups in total. The van der Waals surface area contributed by atoms with Gasteiger partial charge in [0.1, 0.15) is 30.5 Å². The van der Waals surface area contributed by atoms with E-state index in [9.17, 15) is 14.0 Å². The van der Waals surface area contributed by atoms with Gasteiger partial charge in [-0.1, -0.05) is 12.1 Å². The van der Waals surface area contributed by atoms with E-state index in [1.807, 2.05) is 18.4 Å². The Morgan fingerprint density at radius 3 is 2.71 bits per heavy atom. The van der Waals surface area contributed by atoms with Crippen molar-refractivity contribution in [3.63, 3.8) is 0 Å². The normalized spacial score (nSPS) is 14.9. The molecule has 0 unspecified atom stereocenters. The Morgan fingerprint density at radius 1 is 1.15 bits per heavy atom. The number of hydrogen-bond acceptors (Lipinski definition) is 5. The summed E-state index contributed by atoms with van der Waals surface area (Å²) in [6.07, 6.45) is 0.755. The van der Waals surface area contributed by atoms with Crippen molar-refractivity contribution >= 4 is 23.2 Å². The molecule has 8 heteroatoms. The number of thiophene rings is 1. The molecule has 0 fully saturated rings. The van der Waals surface area contributed by atoms with Gasteiger partial charge in [-0.3, -0.25) is 9.59 Å². The zero-order chi connectivity index (χ0) is 24.1. The summed E-state index contributed by atoms with van der Waals surface area (Å²) in [5, 5.41) is 2.01. The van der Waals surface area contributed by atoms with Crippen LogP contribution in [0.5, 0.6) is 11.5 Å². The van der Waals surface area contributed by atoms with Gasteiger partial charge in [0.15, 0.2) is 0 Å². The number of fused-ring (bicyclic) bond motifs is 1. The summed E-state index contributed by atoms with van der Waals surface area (Å²) in [7, 11) is 1.55. The van der Waals surface area contributed by atoms with Gasteiger partial charge in [-0.2, -0.15) is 0 Å². The minimum Gasteiger partial charge on any atom is -0.497 e. The molecule has 2 heterocycles. The summed E-state index contributed by atoms with van der Waals surface area (Å²) in [6.45, 7) is 2.94. The molecule has 4 rings (SSSR count). The first-order chi connectivity index (χ1) is 16.5. The van der Waals surface area contributed by atoms with E-state index in [4.69, 9.17) is 9.47 Å². The van der Waals surface area contributed by atoms with Crippen molar-refractivity contribution < 1.29 is 23.5 Å². The monoisotopic (exact) mass is 482 g/mol. The third-order valence-corrected chi connectivity index (χ3v) is 6.93. The fraction of sp³-hybridized carbons (Fsp3) is 0.308. The highest BCUT2D eigenvalue weighted by atomic mass is 32.1. The number of benzene rings is 2. The molecule has 2 aromatic carbocycles. The van der Waals surface area contributed by atoms with E-state index in [0.717, 1.165) is 12.0 Å². The van der Waals surface area contributed by atoms with Gasteiger partial charge >= 0.3 is 0 Å². The van der Waals surface area contributed by atoms with Gasteiger partial charge in [0.05, 0.1) is 13.2 Å². The average molecular weight is 483 g/mol. The lowest BCUT2D eigenvalue weighted by Gasteiger charge is -2.37. The number of hydrogen-bond donors (Lipinski definition) is 0. The fourth-order valence-corrected chi connectivity index (χ4v) is 5.05.